The van der Waals surface area contributed by atoms with E-state index in [0.29, 0.717) is 41.6 Å². The molecule has 13 nitrogen and oxygen atoms in total. The van der Waals surface area contributed by atoms with E-state index in [-0.39, 0.29) is 6.03 Å². The maximum atomic E-state index is 12.9. The van der Waals surface area contributed by atoms with E-state index in [1.54, 1.807) is 40.0 Å². The Kier molecular flexibility index (Phi) is 3.86. The van der Waals surface area contributed by atoms with Gasteiger partial charge in [0.1, 0.15) is 17.7 Å². The summed E-state index contributed by atoms with van der Waals surface area (Å²) in [6.45, 7) is 0.658. The van der Waals surface area contributed by atoms with Crippen LogP contribution in [0.15, 0.2) is 50.9 Å². The van der Waals surface area contributed by atoms with E-state index in [0.717, 1.165) is 0 Å². The summed E-state index contributed by atoms with van der Waals surface area (Å²) < 4.78 is 7.05. The minimum Gasteiger partial charge on any atom is -0.463 e. The minimum absolute atomic E-state index is 0.241. The van der Waals surface area contributed by atoms with E-state index in [4.69, 9.17) is 16.0 Å². The molecule has 3 amide bonds. The Balaban J connectivity index is 1.46. The number of carbonyl (C=O) groups excluding carboxylic acids is 2. The minimum atomic E-state index is -0.628. The van der Waals surface area contributed by atoms with Gasteiger partial charge >= 0.3 is 6.03 Å². The van der Waals surface area contributed by atoms with Crippen LogP contribution in [0.5, 0.6) is 0 Å². The molecule has 0 spiro atoms. The Hall–Kier alpha value is -4.13. The number of aromatic nitrogens is 2. The molecule has 4 N–H and O–H groups in total. The van der Waals surface area contributed by atoms with Crippen LogP contribution in [0.1, 0.15) is 16.1 Å². The summed E-state index contributed by atoms with van der Waals surface area (Å²) in [5, 5.41) is 8.60. The number of furan rings is 1. The number of primary amides is 1. The lowest BCUT2D eigenvalue weighted by atomic mass is 10.2. The van der Waals surface area contributed by atoms with Gasteiger partial charge in [-0.05, 0) is 12.1 Å². The first-order valence-corrected chi connectivity index (χ1v) is 9.06. The van der Waals surface area contributed by atoms with Crippen LogP contribution in [0.4, 0.5) is 4.79 Å². The first kappa shape index (κ1) is 17.9. The highest BCUT2D eigenvalue weighted by Crippen LogP contribution is 2.38. The second-order valence-electron chi connectivity index (χ2n) is 6.83. The molecule has 1 atom stereocenters. The van der Waals surface area contributed by atoms with Crippen LogP contribution in [0.2, 0.25) is 0 Å². The zero-order valence-corrected chi connectivity index (χ0v) is 15.9. The molecule has 154 valence electrons. The van der Waals surface area contributed by atoms with Gasteiger partial charge in [0.2, 0.25) is 6.29 Å². The molecule has 1 saturated heterocycles. The molecule has 3 aliphatic rings. The summed E-state index contributed by atoms with van der Waals surface area (Å²) in [5.41, 5.74) is 6.67. The van der Waals surface area contributed by atoms with E-state index in [1.165, 1.54) is 28.8 Å². The van der Waals surface area contributed by atoms with Gasteiger partial charge in [0.15, 0.2) is 11.6 Å². The zero-order chi connectivity index (χ0) is 21.0. The van der Waals surface area contributed by atoms with Crippen LogP contribution in [-0.4, -0.2) is 73.7 Å². The lowest BCUT2D eigenvalue weighted by molar-refractivity contribution is 0.0857. The number of fused-ring (bicyclic) bond motifs is 3. The topological polar surface area (TPSA) is 155 Å². The van der Waals surface area contributed by atoms with Crippen molar-refractivity contribution in [1.82, 2.24) is 29.7 Å². The number of amidine groups is 1. The van der Waals surface area contributed by atoms with E-state index in [1.807, 2.05) is 0 Å². The second kappa shape index (κ2) is 6.45. The monoisotopic (exact) mass is 410 g/mol. The third kappa shape index (κ3) is 2.56. The molecule has 3 aliphatic heterocycles. The van der Waals surface area contributed by atoms with Gasteiger partial charge in [-0.1, -0.05) is 0 Å². The van der Waals surface area contributed by atoms with Crippen molar-refractivity contribution in [2.24, 2.45) is 21.6 Å². The number of hydrogen-bond acceptors (Lipinski definition) is 9. The first-order valence-electron chi connectivity index (χ1n) is 9.06. The van der Waals surface area contributed by atoms with Crippen molar-refractivity contribution in [2.75, 3.05) is 13.6 Å². The van der Waals surface area contributed by atoms with Crippen molar-refractivity contribution in [1.29, 1.82) is 0 Å². The van der Waals surface area contributed by atoms with E-state index < -0.39 is 12.2 Å². The lowest BCUT2D eigenvalue weighted by Crippen LogP contribution is -2.44. The molecule has 5 rings (SSSR count). The SMILES string of the molecule is CN1C(=O)N(CCn2cc(C(N)=O)cn2)C2N=C3C(=C(c4ccco4)N=CN3N)N21. The molecule has 0 bridgehead atoms. The number of nitrogens with zero attached hydrogens (tertiary/aromatic N) is 8. The Morgan fingerprint density at radius 3 is 2.87 bits per heavy atom. The zero-order valence-electron chi connectivity index (χ0n) is 15.9. The molecule has 2 aromatic heterocycles. The Labute approximate surface area is 170 Å². The quantitative estimate of drug-likeness (QED) is 0.626. The predicted octanol–water partition coefficient (Wildman–Crippen LogP) is -0.558. The third-order valence-corrected chi connectivity index (χ3v) is 5.04. The molecule has 13 heteroatoms. The summed E-state index contributed by atoms with van der Waals surface area (Å²) in [6.07, 6.45) is 5.30. The normalized spacial score (nSPS) is 20.3. The van der Waals surface area contributed by atoms with Gasteiger partial charge in [-0.2, -0.15) is 5.10 Å². The standard InChI is InChI=1S/C17H18N10O3/c1-23-17(29)25(5-4-24-8-10(7-21-24)14(18)28)16-22-15-13(27(16)23)12(20-9-26(15)19)11-3-2-6-30-11/h2-3,6-9,16H,4-5,19H2,1H3,(H2,18,28). The van der Waals surface area contributed by atoms with Crippen molar-refractivity contribution < 1.29 is 14.0 Å². The average molecular weight is 410 g/mol. The maximum Gasteiger partial charge on any atom is 0.341 e. The number of nitrogens with two attached hydrogens (primary N) is 2. The Bertz CT molecular complexity index is 1110. The number of urea groups is 1. The van der Waals surface area contributed by atoms with Gasteiger partial charge in [0.25, 0.3) is 5.91 Å². The molecule has 2 aromatic rings. The molecule has 1 unspecified atom stereocenters. The lowest BCUT2D eigenvalue weighted by Gasteiger charge is -2.28. The predicted molar refractivity (Wildman–Crippen MR) is 104 cm³/mol. The summed E-state index contributed by atoms with van der Waals surface area (Å²) >= 11 is 0. The van der Waals surface area contributed by atoms with Gasteiger partial charge in [0, 0.05) is 19.8 Å². The van der Waals surface area contributed by atoms with Crippen LogP contribution in [-0.2, 0) is 6.54 Å². The van der Waals surface area contributed by atoms with E-state index in [2.05, 4.69) is 15.1 Å². The van der Waals surface area contributed by atoms with Gasteiger partial charge in [0.05, 0.1) is 24.6 Å². The molecule has 0 radical (unpaired) electrons. The highest BCUT2D eigenvalue weighted by Gasteiger charge is 2.51. The fourth-order valence-corrected chi connectivity index (χ4v) is 3.59. The van der Waals surface area contributed by atoms with Crippen molar-refractivity contribution >= 4 is 29.8 Å². The average Bonchev–Trinajstić information content (AvgIpc) is 3.49. The molecule has 0 aromatic carbocycles. The van der Waals surface area contributed by atoms with Crippen molar-refractivity contribution in [3.8, 4) is 0 Å². The van der Waals surface area contributed by atoms with Crippen LogP contribution >= 0.6 is 0 Å². The number of hydrogen-bond donors (Lipinski definition) is 2. The van der Waals surface area contributed by atoms with Crippen molar-refractivity contribution in [2.45, 2.75) is 12.8 Å². The number of rotatable bonds is 5. The Morgan fingerprint density at radius 1 is 1.33 bits per heavy atom. The number of aliphatic imine (C=N–C) groups is 2. The van der Waals surface area contributed by atoms with Gasteiger partial charge < -0.3 is 10.2 Å². The molecule has 1 fully saturated rings. The molecule has 0 aliphatic carbocycles. The van der Waals surface area contributed by atoms with Gasteiger partial charge in [-0.25, -0.2) is 35.6 Å². The van der Waals surface area contributed by atoms with E-state index in [9.17, 15) is 9.59 Å². The first-order chi connectivity index (χ1) is 14.5. The van der Waals surface area contributed by atoms with Gasteiger partial charge in [-0.15, -0.1) is 0 Å². The van der Waals surface area contributed by atoms with Gasteiger partial charge in [-0.3, -0.25) is 14.4 Å². The summed E-state index contributed by atoms with van der Waals surface area (Å²) in [6, 6.07) is 3.29. The second-order valence-corrected chi connectivity index (χ2v) is 6.83. The smallest absolute Gasteiger partial charge is 0.341 e. The fourth-order valence-electron chi connectivity index (χ4n) is 3.59. The number of amides is 3. The van der Waals surface area contributed by atoms with Crippen LogP contribution in [0.3, 0.4) is 0 Å². The molecular formula is C17H18N10O3. The van der Waals surface area contributed by atoms with Crippen molar-refractivity contribution in [3.63, 3.8) is 0 Å². The highest BCUT2D eigenvalue weighted by atomic mass is 16.3. The number of hydrazine groups is 2. The van der Waals surface area contributed by atoms with Crippen molar-refractivity contribution in [3.05, 3.63) is 47.8 Å². The molecular weight excluding hydrogens is 392 g/mol. The van der Waals surface area contributed by atoms with E-state index >= 15 is 0 Å². The number of carbonyl (C=O) groups is 2. The molecule has 5 heterocycles. The van der Waals surface area contributed by atoms with Crippen LogP contribution in [0.25, 0.3) is 5.70 Å². The van der Waals surface area contributed by atoms with Crippen LogP contribution in [0, 0.1) is 0 Å². The summed E-state index contributed by atoms with van der Waals surface area (Å²) in [5.74, 6) is 6.50. The van der Waals surface area contributed by atoms with Crippen LogP contribution < -0.4 is 11.6 Å². The molecule has 0 saturated carbocycles. The Morgan fingerprint density at radius 2 is 2.17 bits per heavy atom. The maximum absolute atomic E-state index is 12.9. The molecule has 30 heavy (non-hydrogen) atoms. The summed E-state index contributed by atoms with van der Waals surface area (Å²) in [7, 11) is 1.65. The third-order valence-electron chi connectivity index (χ3n) is 5.04. The highest BCUT2D eigenvalue weighted by molar-refractivity contribution is 6.12. The largest absolute Gasteiger partial charge is 0.463 e. The fraction of sp³-hybridized carbons (Fsp3) is 0.235. The summed E-state index contributed by atoms with van der Waals surface area (Å²) in [4.78, 5) is 34.8.